The number of hydrogen-bond donors (Lipinski definition) is 0. The lowest BCUT2D eigenvalue weighted by atomic mass is 9.82. The molecule has 47 heavy (non-hydrogen) atoms. The van der Waals surface area contributed by atoms with Crippen LogP contribution in [0.15, 0.2) is 109 Å². The van der Waals surface area contributed by atoms with Crippen LogP contribution in [0.4, 0.5) is 34.1 Å². The Balaban J connectivity index is 1.23. The van der Waals surface area contributed by atoms with Crippen molar-refractivity contribution in [2.45, 2.75) is 59.8 Å². The van der Waals surface area contributed by atoms with E-state index in [1.54, 1.807) is 0 Å². The lowest BCUT2D eigenvalue weighted by Crippen LogP contribution is -2.19. The summed E-state index contributed by atoms with van der Waals surface area (Å²) in [6.07, 6.45) is 1.93. The molecule has 0 aromatic heterocycles. The normalized spacial score (nSPS) is 14.9. The Labute approximate surface area is 279 Å². The van der Waals surface area contributed by atoms with Gasteiger partial charge in [0.1, 0.15) is 0 Å². The summed E-state index contributed by atoms with van der Waals surface area (Å²) in [5.74, 6) is 0. The Kier molecular flexibility index (Phi) is 5.97. The van der Waals surface area contributed by atoms with Gasteiger partial charge in [0.25, 0.3) is 0 Å². The van der Waals surface area contributed by atoms with Crippen LogP contribution in [0.3, 0.4) is 0 Å². The summed E-state index contributed by atoms with van der Waals surface area (Å²) < 4.78 is 0. The molecule has 3 aliphatic rings. The summed E-state index contributed by atoms with van der Waals surface area (Å²) in [5, 5.41) is 0. The standard InChI is InChI=1S/C45H40N2/c1-27-7-15-41-31(19-27)23-32-20-28(2)8-16-42(32)46(41)35-11-13-39-37(25-35)38-26-36(12-14-40(38)45(39,5)6)47-43-17-9-29(3)21-33(43)24-34-22-30(4)10-18-44(34)47/h7-22,25-26H,23-24H2,1-6H3. The lowest BCUT2D eigenvalue weighted by molar-refractivity contribution is 0.660. The second kappa shape index (κ2) is 9.96. The monoisotopic (exact) mass is 608 g/mol. The Morgan fingerprint density at radius 2 is 0.723 bits per heavy atom. The average molecular weight is 609 g/mol. The second-order valence-corrected chi connectivity index (χ2v) is 14.6. The van der Waals surface area contributed by atoms with E-state index in [4.69, 9.17) is 0 Å². The van der Waals surface area contributed by atoms with Crippen molar-refractivity contribution in [3.05, 3.63) is 165 Å². The van der Waals surface area contributed by atoms with E-state index in [1.807, 2.05) is 0 Å². The van der Waals surface area contributed by atoms with E-state index >= 15 is 0 Å². The van der Waals surface area contributed by atoms with Crippen molar-refractivity contribution in [1.29, 1.82) is 0 Å². The van der Waals surface area contributed by atoms with Crippen molar-refractivity contribution in [2.75, 3.05) is 9.80 Å². The summed E-state index contributed by atoms with van der Waals surface area (Å²) in [4.78, 5) is 4.98. The molecular formula is C45H40N2. The molecule has 0 amide bonds. The molecule has 0 saturated carbocycles. The van der Waals surface area contributed by atoms with Crippen LogP contribution in [0.1, 0.15) is 69.5 Å². The SMILES string of the molecule is Cc1ccc2c(c1)Cc1cc(C)ccc1N2c1ccc2c(c1)-c1cc(N3c4ccc(C)cc4Cc4cc(C)ccc43)ccc1C2(C)C. The first-order valence-electron chi connectivity index (χ1n) is 16.9. The van der Waals surface area contributed by atoms with Gasteiger partial charge in [-0.05, 0) is 121 Å². The molecule has 0 N–H and O–H groups in total. The van der Waals surface area contributed by atoms with Crippen LogP contribution in [0, 0.1) is 27.7 Å². The minimum Gasteiger partial charge on any atom is -0.310 e. The van der Waals surface area contributed by atoms with Crippen molar-refractivity contribution >= 4 is 34.1 Å². The first-order valence-corrected chi connectivity index (χ1v) is 16.9. The molecule has 2 aliphatic heterocycles. The summed E-state index contributed by atoms with van der Waals surface area (Å²) in [6, 6.07) is 42.1. The van der Waals surface area contributed by atoms with Gasteiger partial charge in [0.15, 0.2) is 0 Å². The van der Waals surface area contributed by atoms with Gasteiger partial charge >= 0.3 is 0 Å². The molecule has 0 unspecified atom stereocenters. The van der Waals surface area contributed by atoms with Crippen molar-refractivity contribution < 1.29 is 0 Å². The summed E-state index contributed by atoms with van der Waals surface area (Å²) in [7, 11) is 0. The maximum atomic E-state index is 2.49. The molecule has 0 radical (unpaired) electrons. The summed E-state index contributed by atoms with van der Waals surface area (Å²) in [5.41, 5.74) is 23.7. The zero-order chi connectivity index (χ0) is 32.2. The van der Waals surface area contributed by atoms with E-state index in [9.17, 15) is 0 Å². The van der Waals surface area contributed by atoms with E-state index in [2.05, 4.69) is 161 Å². The van der Waals surface area contributed by atoms with Gasteiger partial charge in [0.2, 0.25) is 0 Å². The van der Waals surface area contributed by atoms with Crippen LogP contribution in [-0.4, -0.2) is 0 Å². The number of fused-ring (bicyclic) bond motifs is 7. The molecule has 2 heteroatoms. The van der Waals surface area contributed by atoms with Crippen molar-refractivity contribution in [3.8, 4) is 11.1 Å². The molecular weight excluding hydrogens is 569 g/mol. The molecule has 6 aromatic carbocycles. The van der Waals surface area contributed by atoms with Crippen molar-refractivity contribution in [2.24, 2.45) is 0 Å². The fraction of sp³-hybridized carbons (Fsp3) is 0.200. The first kappa shape index (κ1) is 28.2. The Morgan fingerprint density at radius 3 is 1.04 bits per heavy atom. The number of rotatable bonds is 2. The third-order valence-corrected chi connectivity index (χ3v) is 10.8. The molecule has 0 atom stereocenters. The predicted octanol–water partition coefficient (Wildman–Crippen LogP) is 12.0. The molecule has 9 rings (SSSR count). The van der Waals surface area contributed by atoms with E-state index in [-0.39, 0.29) is 5.41 Å². The Hall–Kier alpha value is -5.08. The number of nitrogens with zero attached hydrogens (tertiary/aromatic N) is 2. The van der Waals surface area contributed by atoms with Gasteiger partial charge in [0, 0.05) is 52.4 Å². The molecule has 0 bridgehead atoms. The molecule has 2 nitrogen and oxygen atoms in total. The molecule has 0 spiro atoms. The molecule has 0 fully saturated rings. The first-order chi connectivity index (χ1) is 22.7. The van der Waals surface area contributed by atoms with E-state index in [0.29, 0.717) is 0 Å². The number of benzene rings is 6. The number of anilines is 6. The Morgan fingerprint density at radius 1 is 0.404 bits per heavy atom. The lowest BCUT2D eigenvalue weighted by Gasteiger charge is -2.34. The topological polar surface area (TPSA) is 6.48 Å². The van der Waals surface area contributed by atoms with Crippen LogP contribution < -0.4 is 9.80 Å². The minimum atomic E-state index is -0.0837. The fourth-order valence-electron chi connectivity index (χ4n) is 8.55. The Bertz CT molecular complexity index is 2020. The quantitative estimate of drug-likeness (QED) is 0.193. The van der Waals surface area contributed by atoms with Gasteiger partial charge in [0.05, 0.1) is 0 Å². The summed E-state index contributed by atoms with van der Waals surface area (Å²) >= 11 is 0. The van der Waals surface area contributed by atoms with Gasteiger partial charge < -0.3 is 9.80 Å². The maximum absolute atomic E-state index is 2.49. The molecule has 1 aliphatic carbocycles. The smallest absolute Gasteiger partial charge is 0.0497 e. The number of hydrogen-bond acceptors (Lipinski definition) is 2. The van der Waals surface area contributed by atoms with E-state index in [0.717, 1.165) is 12.8 Å². The van der Waals surface area contributed by atoms with E-state index in [1.165, 1.54) is 101 Å². The summed E-state index contributed by atoms with van der Waals surface area (Å²) in [6.45, 7) is 13.6. The zero-order valence-corrected chi connectivity index (χ0v) is 28.2. The molecule has 230 valence electrons. The molecule has 6 aromatic rings. The van der Waals surface area contributed by atoms with Crippen LogP contribution in [-0.2, 0) is 18.3 Å². The van der Waals surface area contributed by atoms with Gasteiger partial charge in [-0.25, -0.2) is 0 Å². The maximum Gasteiger partial charge on any atom is 0.0497 e. The highest BCUT2D eigenvalue weighted by molar-refractivity contribution is 5.92. The van der Waals surface area contributed by atoms with Gasteiger partial charge in [-0.15, -0.1) is 0 Å². The molecule has 0 saturated heterocycles. The van der Waals surface area contributed by atoms with Crippen LogP contribution in [0.5, 0.6) is 0 Å². The highest BCUT2D eigenvalue weighted by Crippen LogP contribution is 2.54. The largest absolute Gasteiger partial charge is 0.310 e. The van der Waals surface area contributed by atoms with Crippen molar-refractivity contribution in [1.82, 2.24) is 0 Å². The van der Waals surface area contributed by atoms with Crippen LogP contribution in [0.25, 0.3) is 11.1 Å². The van der Waals surface area contributed by atoms with E-state index < -0.39 is 0 Å². The van der Waals surface area contributed by atoms with Gasteiger partial charge in [-0.3, -0.25) is 0 Å². The highest BCUT2D eigenvalue weighted by atomic mass is 15.2. The third kappa shape index (κ3) is 4.24. The van der Waals surface area contributed by atoms with Gasteiger partial charge in [-0.1, -0.05) is 96.8 Å². The number of aryl methyl sites for hydroxylation is 4. The van der Waals surface area contributed by atoms with Crippen molar-refractivity contribution in [3.63, 3.8) is 0 Å². The predicted molar refractivity (Wildman–Crippen MR) is 198 cm³/mol. The van der Waals surface area contributed by atoms with Gasteiger partial charge in [-0.2, -0.15) is 0 Å². The third-order valence-electron chi connectivity index (χ3n) is 10.8. The van der Waals surface area contributed by atoms with Crippen LogP contribution >= 0.6 is 0 Å². The molecule has 2 heterocycles. The second-order valence-electron chi connectivity index (χ2n) is 14.6. The minimum absolute atomic E-state index is 0.0837. The van der Waals surface area contributed by atoms with Crippen LogP contribution in [0.2, 0.25) is 0 Å². The zero-order valence-electron chi connectivity index (χ0n) is 28.2. The highest BCUT2D eigenvalue weighted by Gasteiger charge is 2.37. The average Bonchev–Trinajstić information content (AvgIpc) is 3.27. The fourth-order valence-corrected chi connectivity index (χ4v) is 8.55.